The number of aliphatic hydroxyl groups is 1. The van der Waals surface area contributed by atoms with Gasteiger partial charge in [0.05, 0.1) is 22.1 Å². The first kappa shape index (κ1) is 57.1. The minimum Gasteiger partial charge on any atom is -0.390 e. The van der Waals surface area contributed by atoms with Gasteiger partial charge in [0.2, 0.25) is 24.2 Å². The van der Waals surface area contributed by atoms with Gasteiger partial charge in [0.25, 0.3) is 0 Å². The van der Waals surface area contributed by atoms with Crippen LogP contribution in [0.15, 0.2) is 53.6 Å². The maximum absolute atomic E-state index is 16.3. The highest BCUT2D eigenvalue weighted by atomic mass is 32.2. The molecule has 2 unspecified atom stereocenters. The molecule has 9 rings (SSSR count). The van der Waals surface area contributed by atoms with Crippen molar-refractivity contribution in [2.45, 2.75) is 174 Å². The van der Waals surface area contributed by atoms with Gasteiger partial charge < -0.3 is 26.0 Å². The highest BCUT2D eigenvalue weighted by molar-refractivity contribution is 7.97. The normalized spacial score (nSPS) is 23.8. The summed E-state index contributed by atoms with van der Waals surface area (Å²) < 4.78 is 20.2. The number of anilines is 4. The molecule has 2 saturated heterocycles. The first-order valence-corrected chi connectivity index (χ1v) is 27.3. The second kappa shape index (κ2) is 25.7. The Morgan fingerprint density at radius 3 is 2.34 bits per heavy atom. The molecule has 5 aliphatic rings. The van der Waals surface area contributed by atoms with Gasteiger partial charge in [-0.3, -0.25) is 28.9 Å². The number of hydrogen-bond acceptors (Lipinski definition) is 12. The van der Waals surface area contributed by atoms with E-state index in [4.69, 9.17) is 4.98 Å². The zero-order valence-electron chi connectivity index (χ0n) is 44.8. The average Bonchev–Trinajstić information content (AvgIpc) is 4.08. The maximum Gasteiger partial charge on any atom is 0.239 e. The third-order valence-corrected chi connectivity index (χ3v) is 15.0. The molecule has 2 aliphatic carbocycles. The van der Waals surface area contributed by atoms with E-state index in [9.17, 15) is 19.5 Å². The van der Waals surface area contributed by atoms with Crippen LogP contribution >= 0.6 is 11.9 Å². The van der Waals surface area contributed by atoms with Crippen LogP contribution in [0.1, 0.15) is 151 Å². The number of fused-ring (bicyclic) bond motifs is 3. The summed E-state index contributed by atoms with van der Waals surface area (Å²) in [7, 11) is 1.87. The first-order chi connectivity index (χ1) is 34.2. The predicted molar refractivity (Wildman–Crippen MR) is 289 cm³/mol. The number of alkyl halides is 1. The summed E-state index contributed by atoms with van der Waals surface area (Å²) in [5.74, 6) is 1.34. The number of piperazine rings is 1. The van der Waals surface area contributed by atoms with E-state index in [0.29, 0.717) is 43.4 Å². The number of aryl methyl sites for hydroxylation is 1. The quantitative estimate of drug-likeness (QED) is 0.0571. The highest BCUT2D eigenvalue weighted by Crippen LogP contribution is 2.58. The number of carbonyl (C=O) groups is 3. The number of benzene rings is 2. The Bertz CT molecular complexity index is 2370. The number of halogens is 1. The SMILES string of the molecule is CC.CC.CC.CCC.C[C@@H](c1cccc(SN2CC[C@](C)(Nc3ncc4c(n3)N(C3CCC[C@](C)(O)C3)C(=O)C43CC3)C(F)C2)c1)N1CCN(c2ccc3c(NC(=O)CCNC=O)nn(C)c3c2)CC1. The van der Waals surface area contributed by atoms with Crippen molar-refractivity contribution in [2.75, 3.05) is 66.2 Å². The van der Waals surface area contributed by atoms with Crippen molar-refractivity contribution in [3.05, 3.63) is 59.8 Å². The lowest BCUT2D eigenvalue weighted by molar-refractivity contribution is -0.121. The summed E-state index contributed by atoms with van der Waals surface area (Å²) in [6, 6.07) is 14.9. The lowest BCUT2D eigenvalue weighted by atomic mass is 9.82. The molecule has 15 nitrogen and oxygen atoms in total. The van der Waals surface area contributed by atoms with Crippen molar-refractivity contribution in [1.82, 2.24) is 34.3 Å². The molecule has 3 aliphatic heterocycles. The van der Waals surface area contributed by atoms with Gasteiger partial charge in [-0.1, -0.05) is 73.9 Å². The van der Waals surface area contributed by atoms with Gasteiger partial charge in [0.1, 0.15) is 12.0 Å². The van der Waals surface area contributed by atoms with E-state index in [-0.39, 0.29) is 43.4 Å². The van der Waals surface area contributed by atoms with E-state index in [2.05, 4.69) is 97.3 Å². The van der Waals surface area contributed by atoms with Gasteiger partial charge in [-0.2, -0.15) is 10.1 Å². The van der Waals surface area contributed by atoms with Crippen molar-refractivity contribution >= 4 is 64.3 Å². The Balaban J connectivity index is 0.000000981. The lowest BCUT2D eigenvalue weighted by Crippen LogP contribution is -2.54. The number of nitrogens with one attached hydrogen (secondary N) is 3. The summed E-state index contributed by atoms with van der Waals surface area (Å²) in [5.41, 5.74) is 1.89. The molecule has 3 amide bonds. The Morgan fingerprint density at radius 1 is 0.986 bits per heavy atom. The van der Waals surface area contributed by atoms with Crippen molar-refractivity contribution in [1.29, 1.82) is 0 Å². The molecule has 0 bridgehead atoms. The number of piperidine rings is 1. The molecule has 2 saturated carbocycles. The average molecular weight is 1000 g/mol. The van der Waals surface area contributed by atoms with E-state index < -0.39 is 22.7 Å². The largest absolute Gasteiger partial charge is 0.390 e. The van der Waals surface area contributed by atoms with Gasteiger partial charge in [-0.25, -0.2) is 13.7 Å². The molecule has 4 fully saturated rings. The summed E-state index contributed by atoms with van der Waals surface area (Å²) in [6.07, 6.45) is 7.62. The van der Waals surface area contributed by atoms with Gasteiger partial charge in [0.15, 0.2) is 5.82 Å². The van der Waals surface area contributed by atoms with Gasteiger partial charge in [0, 0.05) is 99.1 Å². The van der Waals surface area contributed by atoms with Crippen LogP contribution in [0.4, 0.5) is 27.7 Å². The van der Waals surface area contributed by atoms with Crippen molar-refractivity contribution in [3.8, 4) is 0 Å². The molecule has 71 heavy (non-hydrogen) atoms. The Labute approximate surface area is 427 Å². The second-order valence-electron chi connectivity index (χ2n) is 19.2. The van der Waals surface area contributed by atoms with Gasteiger partial charge >= 0.3 is 0 Å². The summed E-state index contributed by atoms with van der Waals surface area (Å²) in [5, 5.41) is 25.0. The topological polar surface area (TPSA) is 164 Å². The molecule has 2 aromatic heterocycles. The van der Waals surface area contributed by atoms with Crippen LogP contribution in [0.2, 0.25) is 0 Å². The third kappa shape index (κ3) is 13.2. The van der Waals surface area contributed by atoms with E-state index >= 15 is 4.39 Å². The highest BCUT2D eigenvalue weighted by Gasteiger charge is 2.62. The molecule has 392 valence electrons. The fraction of sp³-hybridized carbons (Fsp3) is 0.630. The minimum absolute atomic E-state index is 0.0712. The summed E-state index contributed by atoms with van der Waals surface area (Å²) >= 11 is 1.60. The number of aromatic nitrogens is 4. The van der Waals surface area contributed by atoms with E-state index in [1.807, 2.05) is 73.4 Å². The molecule has 1 spiro atoms. The molecule has 4 aromatic rings. The number of nitrogens with zero attached hydrogens (tertiary/aromatic N) is 8. The molecule has 5 heterocycles. The second-order valence-corrected chi connectivity index (χ2v) is 20.4. The first-order valence-electron chi connectivity index (χ1n) is 26.5. The number of rotatable bonds is 13. The fourth-order valence-corrected chi connectivity index (χ4v) is 11.0. The fourth-order valence-electron chi connectivity index (χ4n) is 9.99. The molecule has 2 aromatic carbocycles. The van der Waals surface area contributed by atoms with Crippen LogP contribution in [-0.2, 0) is 26.8 Å². The van der Waals surface area contributed by atoms with Gasteiger partial charge in [-0.05, 0) is 114 Å². The van der Waals surface area contributed by atoms with Crippen molar-refractivity contribution < 1.29 is 23.9 Å². The monoisotopic (exact) mass is 1000 g/mol. The van der Waals surface area contributed by atoms with Crippen LogP contribution in [0.25, 0.3) is 10.9 Å². The molecule has 4 N–H and O–H groups in total. The summed E-state index contributed by atoms with van der Waals surface area (Å²) in [6.45, 7) is 27.0. The van der Waals surface area contributed by atoms with Crippen LogP contribution in [0, 0.1) is 0 Å². The molecule has 5 atom stereocenters. The van der Waals surface area contributed by atoms with Crippen LogP contribution in [0.3, 0.4) is 0 Å². The molecular weight excluding hydrogens is 918 g/mol. The van der Waals surface area contributed by atoms with Crippen molar-refractivity contribution in [2.24, 2.45) is 7.05 Å². The Morgan fingerprint density at radius 2 is 1.69 bits per heavy atom. The summed E-state index contributed by atoms with van der Waals surface area (Å²) in [4.78, 5) is 54.1. The van der Waals surface area contributed by atoms with Gasteiger partial charge in [-0.15, -0.1) is 0 Å². The molecule has 0 radical (unpaired) electrons. The molecular formula is C54H84FN11O4S. The van der Waals surface area contributed by atoms with E-state index in [1.54, 1.807) is 22.8 Å². The number of amides is 3. The van der Waals surface area contributed by atoms with Crippen molar-refractivity contribution in [3.63, 3.8) is 0 Å². The number of hydrogen-bond donors (Lipinski definition) is 4. The van der Waals surface area contributed by atoms with Crippen LogP contribution < -0.4 is 25.8 Å². The number of carbonyl (C=O) groups excluding carboxylic acids is 3. The standard InChI is InChI=1S/C45H58FN11O4S.C3H8.3C2H6/c1-29(54-19-21-55(22-20-54)31-10-11-34-36(24-31)53(4)52-39(34)49-38(59)12-17-47-28-58)30-7-5-9-33(23-30)62-56-18-16-44(3,37(46)27-56)51-42-48-26-35-40(50-42)57(41(60)45(35)14-15-45)32-8-6-13-43(2,61)25-32;1-3-2;3*1-2/h5,7,9-11,23-24,26,28-29,32,37,61H,6,8,12-22,25,27H2,1-4H3,(H,47,58)(H,48,50,51)(H,49,52,59);3H2,1-2H3;3*1-2H3/t29-,32?,37?,43-,44-;;;;/m0..../s1. The maximum atomic E-state index is 16.3. The molecule has 17 heteroatoms. The Kier molecular flexibility index (Phi) is 20.7. The predicted octanol–water partition coefficient (Wildman–Crippen LogP) is 9.81. The zero-order chi connectivity index (χ0) is 52.1. The van der Waals surface area contributed by atoms with E-state index in [1.165, 1.54) is 12.0 Å². The smallest absolute Gasteiger partial charge is 0.239 e. The minimum atomic E-state index is -1.19. The third-order valence-electron chi connectivity index (χ3n) is 14.0. The lowest BCUT2D eigenvalue weighted by Gasteiger charge is -2.42. The zero-order valence-corrected chi connectivity index (χ0v) is 45.6. The van der Waals surface area contributed by atoms with Crippen LogP contribution in [0.5, 0.6) is 0 Å². The van der Waals surface area contributed by atoms with E-state index in [0.717, 1.165) is 85.3 Å². The van der Waals surface area contributed by atoms with Crippen LogP contribution in [-0.4, -0.2) is 121 Å². The Hall–Kier alpha value is -4.84.